The van der Waals surface area contributed by atoms with Gasteiger partial charge < -0.3 is 10.2 Å². The van der Waals surface area contributed by atoms with Crippen molar-refractivity contribution in [1.82, 2.24) is 5.32 Å². The highest BCUT2D eigenvalue weighted by Gasteiger charge is 2.27. The lowest BCUT2D eigenvalue weighted by molar-refractivity contribution is -0.132. The molecule has 21 heavy (non-hydrogen) atoms. The van der Waals surface area contributed by atoms with Crippen molar-refractivity contribution in [3.05, 3.63) is 29.3 Å². The number of anilines is 1. The molecule has 0 unspecified atom stereocenters. The molecule has 0 aromatic heterocycles. The minimum absolute atomic E-state index is 0.165. The van der Waals surface area contributed by atoms with Crippen LogP contribution in [0.15, 0.2) is 18.2 Å². The lowest BCUT2D eigenvalue weighted by Crippen LogP contribution is -2.25. The van der Waals surface area contributed by atoms with E-state index in [9.17, 15) is 18.4 Å². The van der Waals surface area contributed by atoms with Gasteiger partial charge >= 0.3 is 6.18 Å². The smallest absolute Gasteiger partial charge is 0.373 e. The summed E-state index contributed by atoms with van der Waals surface area (Å²) >= 11 is 0. The average molecular weight is 299 g/mol. The fourth-order valence-corrected chi connectivity index (χ4v) is 1.85. The fourth-order valence-electron chi connectivity index (χ4n) is 1.85. The first-order chi connectivity index (χ1) is 9.73. The Morgan fingerprint density at radius 2 is 2.00 bits per heavy atom. The summed E-state index contributed by atoms with van der Waals surface area (Å²) in [6.07, 6.45) is -5.09. The van der Waals surface area contributed by atoms with Crippen LogP contribution in [-0.4, -0.2) is 25.8 Å². The van der Waals surface area contributed by atoms with Crippen molar-refractivity contribution in [3.8, 4) is 6.07 Å². The van der Waals surface area contributed by atoms with Crippen LogP contribution in [0.25, 0.3) is 0 Å². The molecule has 3 nitrogen and oxygen atoms in total. The van der Waals surface area contributed by atoms with Crippen molar-refractivity contribution < 1.29 is 13.2 Å². The standard InChI is InChI=1S/C15H20F3N3/c1-11(2)20-10-12-4-5-14(13(8-12)9-19)21(3)7-6-15(16,17)18/h4-5,8,11,20H,6-7,10H2,1-3H3. The number of hydrogen-bond donors (Lipinski definition) is 1. The molecule has 0 spiro atoms. The summed E-state index contributed by atoms with van der Waals surface area (Å²) in [7, 11) is 1.56. The normalized spacial score (nSPS) is 11.5. The van der Waals surface area contributed by atoms with E-state index in [0.717, 1.165) is 5.56 Å². The second kappa shape index (κ2) is 7.32. The molecule has 0 saturated carbocycles. The molecule has 0 amide bonds. The molecule has 116 valence electrons. The van der Waals surface area contributed by atoms with Crippen LogP contribution in [0.4, 0.5) is 18.9 Å². The molecule has 0 bridgehead atoms. The van der Waals surface area contributed by atoms with Crippen LogP contribution in [0.3, 0.4) is 0 Å². The molecular weight excluding hydrogens is 279 g/mol. The maximum atomic E-state index is 12.3. The van der Waals surface area contributed by atoms with E-state index in [2.05, 4.69) is 11.4 Å². The third-order valence-corrected chi connectivity index (χ3v) is 3.04. The molecule has 0 radical (unpaired) electrons. The van der Waals surface area contributed by atoms with Gasteiger partial charge in [0.1, 0.15) is 6.07 Å². The van der Waals surface area contributed by atoms with Gasteiger partial charge in [0.05, 0.1) is 17.7 Å². The van der Waals surface area contributed by atoms with E-state index in [1.54, 1.807) is 19.2 Å². The Labute approximate surface area is 123 Å². The van der Waals surface area contributed by atoms with E-state index >= 15 is 0 Å². The zero-order valence-electron chi connectivity index (χ0n) is 12.5. The molecule has 0 atom stereocenters. The molecule has 0 aliphatic rings. The number of nitriles is 1. The molecule has 0 fully saturated rings. The second-order valence-electron chi connectivity index (χ2n) is 5.29. The minimum atomic E-state index is -4.19. The van der Waals surface area contributed by atoms with E-state index in [1.807, 2.05) is 19.9 Å². The quantitative estimate of drug-likeness (QED) is 0.874. The highest BCUT2D eigenvalue weighted by Crippen LogP contribution is 2.24. The molecule has 1 N–H and O–H groups in total. The van der Waals surface area contributed by atoms with Gasteiger partial charge in [-0.05, 0) is 17.7 Å². The van der Waals surface area contributed by atoms with Crippen molar-refractivity contribution in [2.45, 2.75) is 39.0 Å². The summed E-state index contributed by atoms with van der Waals surface area (Å²) in [5.74, 6) is 0. The van der Waals surface area contributed by atoms with Crippen LogP contribution in [0.1, 0.15) is 31.4 Å². The Bertz CT molecular complexity index is 504. The Hall–Kier alpha value is -1.74. The summed E-state index contributed by atoms with van der Waals surface area (Å²) in [5, 5.41) is 12.4. The zero-order valence-corrected chi connectivity index (χ0v) is 12.5. The summed E-state index contributed by atoms with van der Waals surface area (Å²) in [5.41, 5.74) is 1.85. The van der Waals surface area contributed by atoms with Gasteiger partial charge in [0.25, 0.3) is 0 Å². The van der Waals surface area contributed by atoms with Crippen LogP contribution < -0.4 is 10.2 Å². The Balaban J connectivity index is 2.81. The lowest BCUT2D eigenvalue weighted by atomic mass is 10.1. The lowest BCUT2D eigenvalue weighted by Gasteiger charge is -2.22. The number of nitrogens with one attached hydrogen (secondary N) is 1. The number of alkyl halides is 3. The number of hydrogen-bond acceptors (Lipinski definition) is 3. The van der Waals surface area contributed by atoms with E-state index in [0.29, 0.717) is 23.8 Å². The molecule has 0 saturated heterocycles. The molecule has 6 heteroatoms. The summed E-state index contributed by atoms with van der Waals surface area (Å²) < 4.78 is 36.8. The Morgan fingerprint density at radius 3 is 2.52 bits per heavy atom. The highest BCUT2D eigenvalue weighted by atomic mass is 19.4. The topological polar surface area (TPSA) is 39.1 Å². The van der Waals surface area contributed by atoms with E-state index in [4.69, 9.17) is 0 Å². The molecule has 0 aliphatic heterocycles. The Morgan fingerprint density at radius 1 is 1.33 bits per heavy atom. The first-order valence-electron chi connectivity index (χ1n) is 6.77. The number of nitrogens with zero attached hydrogens (tertiary/aromatic N) is 2. The maximum Gasteiger partial charge on any atom is 0.390 e. The van der Waals surface area contributed by atoms with Gasteiger partial charge in [0, 0.05) is 26.2 Å². The van der Waals surface area contributed by atoms with Crippen molar-refractivity contribution >= 4 is 5.69 Å². The van der Waals surface area contributed by atoms with Crippen LogP contribution in [0.2, 0.25) is 0 Å². The third-order valence-electron chi connectivity index (χ3n) is 3.04. The van der Waals surface area contributed by atoms with Crippen molar-refractivity contribution in [2.24, 2.45) is 0 Å². The van der Waals surface area contributed by atoms with Gasteiger partial charge in [-0.15, -0.1) is 0 Å². The predicted octanol–water partition coefficient (Wildman–Crippen LogP) is 3.44. The number of rotatable bonds is 6. The molecule has 1 aromatic rings. The minimum Gasteiger partial charge on any atom is -0.373 e. The monoisotopic (exact) mass is 299 g/mol. The van der Waals surface area contributed by atoms with Crippen molar-refractivity contribution in [2.75, 3.05) is 18.5 Å². The second-order valence-corrected chi connectivity index (χ2v) is 5.29. The third kappa shape index (κ3) is 6.05. The SMILES string of the molecule is CC(C)NCc1ccc(N(C)CCC(F)(F)F)c(C#N)c1. The predicted molar refractivity (Wildman–Crippen MR) is 77.1 cm³/mol. The maximum absolute atomic E-state index is 12.3. The van der Waals surface area contributed by atoms with Gasteiger partial charge in [0.2, 0.25) is 0 Å². The summed E-state index contributed by atoms with van der Waals surface area (Å²) in [6.45, 7) is 4.50. The van der Waals surface area contributed by atoms with Crippen LogP contribution in [0, 0.1) is 11.3 Å². The van der Waals surface area contributed by atoms with E-state index < -0.39 is 12.6 Å². The average Bonchev–Trinajstić information content (AvgIpc) is 2.41. The van der Waals surface area contributed by atoms with Gasteiger partial charge in [0.15, 0.2) is 0 Å². The van der Waals surface area contributed by atoms with Crippen molar-refractivity contribution in [3.63, 3.8) is 0 Å². The fraction of sp³-hybridized carbons (Fsp3) is 0.533. The van der Waals surface area contributed by atoms with E-state index in [1.165, 1.54) is 4.90 Å². The van der Waals surface area contributed by atoms with Gasteiger partial charge in [-0.1, -0.05) is 19.9 Å². The first-order valence-corrected chi connectivity index (χ1v) is 6.77. The first kappa shape index (κ1) is 17.3. The highest BCUT2D eigenvalue weighted by molar-refractivity contribution is 5.60. The molecule has 1 rings (SSSR count). The van der Waals surface area contributed by atoms with Gasteiger partial charge in [-0.3, -0.25) is 0 Å². The van der Waals surface area contributed by atoms with E-state index in [-0.39, 0.29) is 6.54 Å². The number of halogens is 3. The molecule has 0 heterocycles. The largest absolute Gasteiger partial charge is 0.390 e. The van der Waals surface area contributed by atoms with Crippen LogP contribution in [-0.2, 0) is 6.54 Å². The van der Waals surface area contributed by atoms with Gasteiger partial charge in [-0.2, -0.15) is 18.4 Å². The summed E-state index contributed by atoms with van der Waals surface area (Å²) in [4.78, 5) is 1.46. The van der Waals surface area contributed by atoms with Crippen molar-refractivity contribution in [1.29, 1.82) is 5.26 Å². The van der Waals surface area contributed by atoms with Crippen LogP contribution >= 0.6 is 0 Å². The Kier molecular flexibility index (Phi) is 6.03. The molecular formula is C15H20F3N3. The van der Waals surface area contributed by atoms with Crippen LogP contribution in [0.5, 0.6) is 0 Å². The zero-order chi connectivity index (χ0) is 16.0. The molecule has 1 aromatic carbocycles. The number of benzene rings is 1. The van der Waals surface area contributed by atoms with Gasteiger partial charge in [-0.25, -0.2) is 0 Å². The molecule has 0 aliphatic carbocycles. The summed E-state index contributed by atoms with van der Waals surface area (Å²) in [6, 6.07) is 7.62.